The van der Waals surface area contributed by atoms with E-state index in [4.69, 9.17) is 4.74 Å². The molecule has 21 heavy (non-hydrogen) atoms. The topological polar surface area (TPSA) is 58.6 Å². The van der Waals surface area contributed by atoms with Crippen molar-refractivity contribution >= 4 is 11.7 Å². The third-order valence-electron chi connectivity index (χ3n) is 2.93. The summed E-state index contributed by atoms with van der Waals surface area (Å²) < 4.78 is 17.6. The first-order valence-corrected chi connectivity index (χ1v) is 6.76. The average Bonchev–Trinajstić information content (AvgIpc) is 2.46. The number of ketones is 1. The van der Waals surface area contributed by atoms with Crippen molar-refractivity contribution in [3.05, 3.63) is 35.6 Å². The van der Waals surface area contributed by atoms with Crippen LogP contribution >= 0.6 is 0 Å². The molecular formula is C15H21FN2O3. The van der Waals surface area contributed by atoms with Crippen LogP contribution in [0.5, 0.6) is 0 Å². The number of methoxy groups -OCH3 is 1. The number of benzene rings is 1. The summed E-state index contributed by atoms with van der Waals surface area (Å²) in [5.41, 5.74) is 0.481. The second-order valence-electron chi connectivity index (χ2n) is 4.76. The first-order valence-electron chi connectivity index (χ1n) is 6.76. The summed E-state index contributed by atoms with van der Waals surface area (Å²) in [6.07, 6.45) is 0.285. The molecule has 0 heterocycles. The maximum absolute atomic E-state index is 12.8. The second-order valence-corrected chi connectivity index (χ2v) is 4.76. The molecule has 0 spiro atoms. The van der Waals surface area contributed by atoms with Gasteiger partial charge in [0.1, 0.15) is 5.82 Å². The lowest BCUT2D eigenvalue weighted by Crippen LogP contribution is -2.37. The third-order valence-corrected chi connectivity index (χ3v) is 2.93. The molecule has 1 aromatic carbocycles. The van der Waals surface area contributed by atoms with Crippen molar-refractivity contribution in [1.82, 2.24) is 10.2 Å². The zero-order chi connectivity index (χ0) is 15.7. The molecule has 1 amide bonds. The van der Waals surface area contributed by atoms with Crippen LogP contribution in [0.4, 0.5) is 4.39 Å². The van der Waals surface area contributed by atoms with Crippen molar-refractivity contribution in [2.24, 2.45) is 0 Å². The maximum Gasteiger partial charge on any atom is 0.234 e. The third kappa shape index (κ3) is 6.97. The fourth-order valence-electron chi connectivity index (χ4n) is 1.75. The summed E-state index contributed by atoms with van der Waals surface area (Å²) in [6.45, 7) is 1.63. The van der Waals surface area contributed by atoms with Gasteiger partial charge < -0.3 is 10.1 Å². The van der Waals surface area contributed by atoms with E-state index in [2.05, 4.69) is 5.32 Å². The number of carbonyl (C=O) groups excluding carboxylic acids is 2. The largest absolute Gasteiger partial charge is 0.383 e. The summed E-state index contributed by atoms with van der Waals surface area (Å²) in [6, 6.07) is 5.46. The summed E-state index contributed by atoms with van der Waals surface area (Å²) in [4.78, 5) is 25.2. The molecule has 1 aromatic rings. The van der Waals surface area contributed by atoms with E-state index in [0.717, 1.165) is 0 Å². The van der Waals surface area contributed by atoms with Crippen LogP contribution in [-0.2, 0) is 9.53 Å². The lowest BCUT2D eigenvalue weighted by Gasteiger charge is -2.15. The Morgan fingerprint density at radius 1 is 1.29 bits per heavy atom. The van der Waals surface area contributed by atoms with Gasteiger partial charge in [0.2, 0.25) is 5.91 Å². The SMILES string of the molecule is COCCNC(=O)CN(C)CCC(=O)c1ccc(F)cc1. The molecule has 1 rings (SSSR count). The molecule has 0 atom stereocenters. The van der Waals surface area contributed by atoms with Crippen molar-refractivity contribution in [3.63, 3.8) is 0 Å². The van der Waals surface area contributed by atoms with Crippen molar-refractivity contribution in [2.45, 2.75) is 6.42 Å². The number of amides is 1. The lowest BCUT2D eigenvalue weighted by atomic mass is 10.1. The smallest absolute Gasteiger partial charge is 0.234 e. The monoisotopic (exact) mass is 296 g/mol. The Bertz CT molecular complexity index is 462. The van der Waals surface area contributed by atoms with Crippen molar-refractivity contribution in [1.29, 1.82) is 0 Å². The molecule has 0 aliphatic carbocycles. The van der Waals surface area contributed by atoms with E-state index in [1.165, 1.54) is 24.3 Å². The average molecular weight is 296 g/mol. The van der Waals surface area contributed by atoms with E-state index in [1.54, 1.807) is 19.1 Å². The van der Waals surface area contributed by atoms with Crippen LogP contribution < -0.4 is 5.32 Å². The summed E-state index contributed by atoms with van der Waals surface area (Å²) in [5, 5.41) is 2.71. The number of carbonyl (C=O) groups is 2. The van der Waals surface area contributed by atoms with Gasteiger partial charge in [0.05, 0.1) is 13.2 Å². The van der Waals surface area contributed by atoms with Gasteiger partial charge in [-0.15, -0.1) is 0 Å². The molecule has 0 aromatic heterocycles. The van der Waals surface area contributed by atoms with Crippen LogP contribution in [0.3, 0.4) is 0 Å². The van der Waals surface area contributed by atoms with E-state index in [9.17, 15) is 14.0 Å². The van der Waals surface area contributed by atoms with Crippen molar-refractivity contribution in [3.8, 4) is 0 Å². The minimum absolute atomic E-state index is 0.0679. The molecule has 5 nitrogen and oxygen atoms in total. The van der Waals surface area contributed by atoms with Crippen molar-refractivity contribution in [2.75, 3.05) is 40.4 Å². The molecule has 116 valence electrons. The molecule has 0 radical (unpaired) electrons. The molecular weight excluding hydrogens is 275 g/mol. The zero-order valence-electron chi connectivity index (χ0n) is 12.4. The lowest BCUT2D eigenvalue weighted by molar-refractivity contribution is -0.122. The predicted molar refractivity (Wildman–Crippen MR) is 77.7 cm³/mol. The molecule has 1 N–H and O–H groups in total. The Kier molecular flexibility index (Phi) is 7.56. The number of ether oxygens (including phenoxy) is 1. The van der Waals surface area contributed by atoms with Gasteiger partial charge in [-0.3, -0.25) is 14.5 Å². The molecule has 0 aliphatic heterocycles. The van der Waals surface area contributed by atoms with Crippen LogP contribution in [-0.4, -0.2) is 57.0 Å². The Morgan fingerprint density at radius 2 is 1.95 bits per heavy atom. The number of Topliss-reactive ketones (excluding diaryl/α,β-unsaturated/α-hetero) is 1. The van der Waals surface area contributed by atoms with Crippen LogP contribution in [0.1, 0.15) is 16.8 Å². The molecule has 0 aliphatic rings. The van der Waals surface area contributed by atoms with Crippen LogP contribution in [0.15, 0.2) is 24.3 Å². The van der Waals surface area contributed by atoms with Gasteiger partial charge in [-0.25, -0.2) is 4.39 Å². The quantitative estimate of drug-likeness (QED) is 0.547. The molecule has 0 fully saturated rings. The Balaban J connectivity index is 2.29. The second kappa shape index (κ2) is 9.20. The zero-order valence-corrected chi connectivity index (χ0v) is 12.4. The highest BCUT2D eigenvalue weighted by atomic mass is 19.1. The van der Waals surface area contributed by atoms with Crippen molar-refractivity contribution < 1.29 is 18.7 Å². The van der Waals surface area contributed by atoms with Gasteiger partial charge in [-0.05, 0) is 31.3 Å². The van der Waals surface area contributed by atoms with Crippen LogP contribution in [0.2, 0.25) is 0 Å². The normalized spacial score (nSPS) is 10.7. The van der Waals surface area contributed by atoms with Crippen LogP contribution in [0.25, 0.3) is 0 Å². The fraction of sp³-hybridized carbons (Fsp3) is 0.467. The van der Waals surface area contributed by atoms with E-state index < -0.39 is 0 Å². The predicted octanol–water partition coefficient (Wildman–Crippen LogP) is 1.09. The maximum atomic E-state index is 12.8. The number of rotatable bonds is 9. The Labute approximate surface area is 124 Å². The van der Waals surface area contributed by atoms with Gasteiger partial charge in [0.25, 0.3) is 0 Å². The van der Waals surface area contributed by atoms with E-state index in [1.807, 2.05) is 0 Å². The standard InChI is InChI=1S/C15H21FN2O3/c1-18(11-15(20)17-8-10-21-2)9-7-14(19)12-3-5-13(16)6-4-12/h3-6H,7-11H2,1-2H3,(H,17,20). The minimum atomic E-state index is -0.364. The van der Waals surface area contributed by atoms with Gasteiger partial charge in [-0.1, -0.05) is 0 Å². The number of likely N-dealkylation sites (N-methyl/N-ethyl adjacent to an activating group) is 1. The highest BCUT2D eigenvalue weighted by Crippen LogP contribution is 2.06. The molecule has 0 unspecified atom stereocenters. The Morgan fingerprint density at radius 3 is 2.57 bits per heavy atom. The number of hydrogen-bond acceptors (Lipinski definition) is 4. The molecule has 0 saturated heterocycles. The Hall–Kier alpha value is -1.79. The highest BCUT2D eigenvalue weighted by Gasteiger charge is 2.10. The van der Waals surface area contributed by atoms with Gasteiger partial charge in [-0.2, -0.15) is 0 Å². The molecule has 0 bridgehead atoms. The fourth-order valence-corrected chi connectivity index (χ4v) is 1.75. The minimum Gasteiger partial charge on any atom is -0.383 e. The highest BCUT2D eigenvalue weighted by molar-refractivity contribution is 5.96. The molecule has 6 heteroatoms. The number of hydrogen-bond donors (Lipinski definition) is 1. The molecule has 0 saturated carbocycles. The number of nitrogens with one attached hydrogen (secondary N) is 1. The first-order chi connectivity index (χ1) is 10.0. The van der Waals surface area contributed by atoms with E-state index >= 15 is 0 Å². The van der Waals surface area contributed by atoms with E-state index in [-0.39, 0.29) is 30.5 Å². The first kappa shape index (κ1) is 17.3. The van der Waals surface area contributed by atoms with E-state index in [0.29, 0.717) is 25.3 Å². The number of halogens is 1. The number of nitrogens with zero attached hydrogens (tertiary/aromatic N) is 1. The van der Waals surface area contributed by atoms with Crippen LogP contribution in [0, 0.1) is 5.82 Å². The summed E-state index contributed by atoms with van der Waals surface area (Å²) in [7, 11) is 3.34. The summed E-state index contributed by atoms with van der Waals surface area (Å²) in [5.74, 6) is -0.540. The van der Waals surface area contributed by atoms with Gasteiger partial charge in [0, 0.05) is 32.2 Å². The van der Waals surface area contributed by atoms with Gasteiger partial charge in [0.15, 0.2) is 5.78 Å². The summed E-state index contributed by atoms with van der Waals surface area (Å²) >= 11 is 0. The van der Waals surface area contributed by atoms with Gasteiger partial charge >= 0.3 is 0 Å².